The molecule has 0 fully saturated rings. The van der Waals surface area contributed by atoms with Crippen molar-refractivity contribution in [2.45, 2.75) is 19.3 Å². The Morgan fingerprint density at radius 3 is 1.86 bits per heavy atom. The van der Waals surface area contributed by atoms with Gasteiger partial charge in [0.2, 0.25) is 0 Å². The Balaban J connectivity index is 1.63. The van der Waals surface area contributed by atoms with E-state index in [1.54, 1.807) is 0 Å². The second kappa shape index (κ2) is 6.32. The molecule has 4 aromatic carbocycles. The molecule has 2 aliphatic carbocycles. The highest BCUT2D eigenvalue weighted by molar-refractivity contribution is 5.96. The Kier molecular flexibility index (Phi) is 3.61. The van der Waals surface area contributed by atoms with Crippen LogP contribution in [0.2, 0.25) is 0 Å². The van der Waals surface area contributed by atoms with Crippen LogP contribution in [-0.2, 0) is 6.42 Å². The number of fused-ring (bicyclic) bond motifs is 4. The highest BCUT2D eigenvalue weighted by Crippen LogP contribution is 2.55. The number of allylic oxidation sites excluding steroid dienone is 2. The highest BCUT2D eigenvalue weighted by atomic mass is 14.4. The molecular formula is C29H22. The molecule has 0 aromatic heterocycles. The molecule has 0 heteroatoms. The van der Waals surface area contributed by atoms with Crippen LogP contribution in [0.4, 0.5) is 0 Å². The van der Waals surface area contributed by atoms with Crippen molar-refractivity contribution in [2.24, 2.45) is 0 Å². The van der Waals surface area contributed by atoms with Crippen LogP contribution in [0.5, 0.6) is 0 Å². The predicted molar refractivity (Wildman–Crippen MR) is 122 cm³/mol. The van der Waals surface area contributed by atoms with Gasteiger partial charge in [-0.2, -0.15) is 0 Å². The average Bonchev–Trinajstić information content (AvgIpc) is 3.28. The fraction of sp³-hybridized carbons (Fsp3) is 0.103. The Morgan fingerprint density at radius 1 is 0.586 bits per heavy atom. The van der Waals surface area contributed by atoms with Crippen LogP contribution in [0.25, 0.3) is 27.8 Å². The first-order chi connectivity index (χ1) is 14.3. The standard InChI is InChI=1S/C29H22/c1-19-18-21-12-9-17-22(20-10-3-2-4-11-20)28(21)27(19)29-25-15-7-5-13-23(25)24-14-6-8-16-26(24)29/h2-17,29H,18H2,1H3. The maximum Gasteiger partial charge on any atom is 0.0358 e. The molecule has 0 saturated carbocycles. The van der Waals surface area contributed by atoms with Crippen molar-refractivity contribution in [2.75, 3.05) is 0 Å². The van der Waals surface area contributed by atoms with E-state index in [2.05, 4.69) is 104 Å². The van der Waals surface area contributed by atoms with E-state index in [1.807, 2.05) is 0 Å². The molecule has 0 radical (unpaired) electrons. The number of hydrogen-bond donors (Lipinski definition) is 0. The summed E-state index contributed by atoms with van der Waals surface area (Å²) < 4.78 is 0. The molecule has 0 saturated heterocycles. The van der Waals surface area contributed by atoms with Crippen molar-refractivity contribution in [1.29, 1.82) is 0 Å². The van der Waals surface area contributed by atoms with Crippen LogP contribution >= 0.6 is 0 Å². The van der Waals surface area contributed by atoms with Gasteiger partial charge in [-0.1, -0.05) is 103 Å². The predicted octanol–water partition coefficient (Wildman–Crippen LogP) is 7.50. The molecule has 138 valence electrons. The molecule has 6 rings (SSSR count). The Bertz CT molecular complexity index is 1230. The zero-order valence-corrected chi connectivity index (χ0v) is 16.5. The number of rotatable bonds is 2. The average molecular weight is 370 g/mol. The summed E-state index contributed by atoms with van der Waals surface area (Å²) in [5.41, 5.74) is 14.2. The van der Waals surface area contributed by atoms with Gasteiger partial charge in [-0.05, 0) is 63.4 Å². The second-order valence-electron chi connectivity index (χ2n) is 8.18. The molecular weight excluding hydrogens is 348 g/mol. The first-order valence-electron chi connectivity index (χ1n) is 10.4. The monoisotopic (exact) mass is 370 g/mol. The molecule has 4 aromatic rings. The molecule has 0 unspecified atom stereocenters. The van der Waals surface area contributed by atoms with E-state index in [9.17, 15) is 0 Å². The summed E-state index contributed by atoms with van der Waals surface area (Å²) in [7, 11) is 0. The molecule has 0 nitrogen and oxygen atoms in total. The Morgan fingerprint density at radius 2 is 1.17 bits per heavy atom. The number of benzene rings is 4. The topological polar surface area (TPSA) is 0 Å². The summed E-state index contributed by atoms with van der Waals surface area (Å²) in [6.07, 6.45) is 1.05. The Labute approximate surface area is 172 Å². The van der Waals surface area contributed by atoms with Gasteiger partial charge in [0.15, 0.2) is 0 Å². The third-order valence-electron chi connectivity index (χ3n) is 6.54. The lowest BCUT2D eigenvalue weighted by Gasteiger charge is -2.21. The zero-order chi connectivity index (χ0) is 19.4. The van der Waals surface area contributed by atoms with Crippen LogP contribution in [0.3, 0.4) is 0 Å². The SMILES string of the molecule is CC1=C(C2c3ccccc3-c3ccccc32)c2c(cccc2-c2ccccc2)C1. The lowest BCUT2D eigenvalue weighted by molar-refractivity contribution is 1.08. The third kappa shape index (κ3) is 2.39. The molecule has 0 atom stereocenters. The molecule has 0 amide bonds. The molecule has 29 heavy (non-hydrogen) atoms. The minimum atomic E-state index is 0.313. The van der Waals surface area contributed by atoms with E-state index in [0.29, 0.717) is 5.92 Å². The van der Waals surface area contributed by atoms with Gasteiger partial charge in [0.25, 0.3) is 0 Å². The van der Waals surface area contributed by atoms with Crippen molar-refractivity contribution >= 4 is 5.57 Å². The summed E-state index contributed by atoms with van der Waals surface area (Å²) in [4.78, 5) is 0. The van der Waals surface area contributed by atoms with E-state index in [1.165, 1.54) is 55.7 Å². The van der Waals surface area contributed by atoms with E-state index >= 15 is 0 Å². The van der Waals surface area contributed by atoms with Gasteiger partial charge < -0.3 is 0 Å². The van der Waals surface area contributed by atoms with E-state index in [-0.39, 0.29) is 0 Å². The van der Waals surface area contributed by atoms with Gasteiger partial charge in [-0.3, -0.25) is 0 Å². The summed E-state index contributed by atoms with van der Waals surface area (Å²) in [5, 5.41) is 0. The second-order valence-corrected chi connectivity index (χ2v) is 8.18. The Hall–Kier alpha value is -3.38. The molecule has 2 aliphatic rings. The van der Waals surface area contributed by atoms with E-state index in [4.69, 9.17) is 0 Å². The fourth-order valence-corrected chi connectivity index (χ4v) is 5.38. The molecule has 0 aliphatic heterocycles. The quantitative estimate of drug-likeness (QED) is 0.343. The maximum atomic E-state index is 2.33. The van der Waals surface area contributed by atoms with Gasteiger partial charge in [0.05, 0.1) is 0 Å². The van der Waals surface area contributed by atoms with Crippen molar-refractivity contribution in [3.8, 4) is 22.3 Å². The lowest BCUT2D eigenvalue weighted by atomic mass is 9.82. The maximum absolute atomic E-state index is 2.33. The smallest absolute Gasteiger partial charge is 0.0358 e. The largest absolute Gasteiger partial charge is 0.0641 e. The summed E-state index contributed by atoms with van der Waals surface area (Å²) >= 11 is 0. The van der Waals surface area contributed by atoms with Crippen molar-refractivity contribution < 1.29 is 0 Å². The molecule has 0 heterocycles. The van der Waals surface area contributed by atoms with Crippen molar-refractivity contribution in [3.05, 3.63) is 125 Å². The lowest BCUT2D eigenvalue weighted by Crippen LogP contribution is -2.02. The minimum absolute atomic E-state index is 0.313. The van der Waals surface area contributed by atoms with E-state index < -0.39 is 0 Å². The van der Waals surface area contributed by atoms with E-state index in [0.717, 1.165) is 6.42 Å². The summed E-state index contributed by atoms with van der Waals surface area (Å²) in [6, 6.07) is 35.6. The summed E-state index contributed by atoms with van der Waals surface area (Å²) in [6.45, 7) is 2.33. The van der Waals surface area contributed by atoms with Gasteiger partial charge >= 0.3 is 0 Å². The van der Waals surface area contributed by atoms with Gasteiger partial charge in [0, 0.05) is 5.92 Å². The fourth-order valence-electron chi connectivity index (χ4n) is 5.38. The van der Waals surface area contributed by atoms with Crippen molar-refractivity contribution in [1.82, 2.24) is 0 Å². The van der Waals surface area contributed by atoms with Crippen LogP contribution in [0.1, 0.15) is 35.1 Å². The summed E-state index contributed by atoms with van der Waals surface area (Å²) in [5.74, 6) is 0.313. The number of hydrogen-bond acceptors (Lipinski definition) is 0. The van der Waals surface area contributed by atoms with Crippen LogP contribution in [0, 0.1) is 0 Å². The zero-order valence-electron chi connectivity index (χ0n) is 16.5. The van der Waals surface area contributed by atoms with Gasteiger partial charge in [0.1, 0.15) is 0 Å². The highest BCUT2D eigenvalue weighted by Gasteiger charge is 2.36. The molecule has 0 N–H and O–H groups in total. The van der Waals surface area contributed by atoms with Crippen molar-refractivity contribution in [3.63, 3.8) is 0 Å². The first kappa shape index (κ1) is 16.6. The van der Waals surface area contributed by atoms with Crippen LogP contribution in [-0.4, -0.2) is 0 Å². The third-order valence-corrected chi connectivity index (χ3v) is 6.54. The normalized spacial score (nSPS) is 14.7. The van der Waals surface area contributed by atoms with Crippen LogP contribution in [0.15, 0.2) is 103 Å². The first-order valence-corrected chi connectivity index (χ1v) is 10.4. The van der Waals surface area contributed by atoms with Gasteiger partial charge in [-0.25, -0.2) is 0 Å². The van der Waals surface area contributed by atoms with Gasteiger partial charge in [-0.15, -0.1) is 0 Å². The minimum Gasteiger partial charge on any atom is -0.0641 e. The van der Waals surface area contributed by atoms with Crippen LogP contribution < -0.4 is 0 Å². The molecule has 0 bridgehead atoms. The molecule has 0 spiro atoms.